The number of aliphatic hydroxyl groups excluding tert-OH is 1. The summed E-state index contributed by atoms with van der Waals surface area (Å²) in [7, 11) is 0. The Labute approximate surface area is 197 Å². The van der Waals surface area contributed by atoms with Gasteiger partial charge >= 0.3 is 0 Å². The fourth-order valence-corrected chi connectivity index (χ4v) is 2.79. The standard InChI is InChI=1S/C23H33N3O3.HI/c1-4-24-23(25-15-20-13-9-10-14-22(20)28-5-2)26-16-21(27)17-29-18(3)19-11-7-6-8-12-19;/h6-14,18,21,27H,4-5,15-17H2,1-3H3,(H2,24,25,26);1H. The van der Waals surface area contributed by atoms with Gasteiger partial charge in [0.2, 0.25) is 0 Å². The molecule has 0 saturated heterocycles. The van der Waals surface area contributed by atoms with Gasteiger partial charge in [-0.25, -0.2) is 4.99 Å². The molecule has 0 amide bonds. The smallest absolute Gasteiger partial charge is 0.191 e. The lowest BCUT2D eigenvalue weighted by atomic mass is 10.1. The van der Waals surface area contributed by atoms with Crippen LogP contribution in [0.25, 0.3) is 0 Å². The number of halogens is 1. The number of nitrogens with one attached hydrogen (secondary N) is 2. The van der Waals surface area contributed by atoms with Crippen LogP contribution in [0.1, 0.15) is 38.0 Å². The molecule has 0 saturated carbocycles. The van der Waals surface area contributed by atoms with Gasteiger partial charge in [-0.05, 0) is 32.4 Å². The Morgan fingerprint density at radius 3 is 2.43 bits per heavy atom. The fraction of sp³-hybridized carbons (Fsp3) is 0.435. The molecule has 2 atom stereocenters. The van der Waals surface area contributed by atoms with Crippen LogP contribution in [0.15, 0.2) is 59.6 Å². The summed E-state index contributed by atoms with van der Waals surface area (Å²) >= 11 is 0. The van der Waals surface area contributed by atoms with Crippen molar-refractivity contribution in [1.82, 2.24) is 10.6 Å². The largest absolute Gasteiger partial charge is 0.494 e. The molecule has 2 rings (SSSR count). The molecule has 3 N–H and O–H groups in total. The van der Waals surface area contributed by atoms with Gasteiger partial charge < -0.3 is 25.2 Å². The van der Waals surface area contributed by atoms with Crippen molar-refractivity contribution in [1.29, 1.82) is 0 Å². The van der Waals surface area contributed by atoms with E-state index in [0.29, 0.717) is 25.7 Å². The molecule has 166 valence electrons. The van der Waals surface area contributed by atoms with Crippen molar-refractivity contribution < 1.29 is 14.6 Å². The number of guanidine groups is 1. The number of para-hydroxylation sites is 1. The summed E-state index contributed by atoms with van der Waals surface area (Å²) in [6.45, 7) is 8.39. The molecule has 0 aliphatic heterocycles. The summed E-state index contributed by atoms with van der Waals surface area (Å²) in [5, 5.41) is 16.6. The minimum absolute atomic E-state index is 0. The molecule has 0 aromatic heterocycles. The van der Waals surface area contributed by atoms with Crippen LogP contribution in [0.3, 0.4) is 0 Å². The normalized spacial score (nSPS) is 13.1. The van der Waals surface area contributed by atoms with Crippen LogP contribution in [0.4, 0.5) is 0 Å². The Morgan fingerprint density at radius 1 is 1.03 bits per heavy atom. The summed E-state index contributed by atoms with van der Waals surface area (Å²) in [5.74, 6) is 1.49. The summed E-state index contributed by atoms with van der Waals surface area (Å²) in [6.07, 6.45) is -0.705. The summed E-state index contributed by atoms with van der Waals surface area (Å²) in [4.78, 5) is 4.60. The van der Waals surface area contributed by atoms with Crippen LogP contribution in [0.5, 0.6) is 5.75 Å². The van der Waals surface area contributed by atoms with Gasteiger partial charge in [0, 0.05) is 18.7 Å². The summed E-state index contributed by atoms with van der Waals surface area (Å²) in [5.41, 5.74) is 2.11. The quantitative estimate of drug-likeness (QED) is 0.235. The zero-order valence-electron chi connectivity index (χ0n) is 18.0. The van der Waals surface area contributed by atoms with Crippen molar-refractivity contribution >= 4 is 29.9 Å². The van der Waals surface area contributed by atoms with E-state index in [4.69, 9.17) is 9.47 Å². The Bertz CT molecular complexity index is 743. The second kappa shape index (κ2) is 15.0. The highest BCUT2D eigenvalue weighted by Crippen LogP contribution is 2.18. The maximum atomic E-state index is 10.3. The van der Waals surface area contributed by atoms with E-state index in [1.54, 1.807) is 0 Å². The van der Waals surface area contributed by atoms with Gasteiger partial charge in [-0.3, -0.25) is 0 Å². The van der Waals surface area contributed by atoms with Gasteiger partial charge in [-0.15, -0.1) is 24.0 Å². The van der Waals surface area contributed by atoms with Crippen molar-refractivity contribution in [2.24, 2.45) is 4.99 Å². The van der Waals surface area contributed by atoms with E-state index < -0.39 is 6.10 Å². The van der Waals surface area contributed by atoms with Crippen LogP contribution in [0.2, 0.25) is 0 Å². The van der Waals surface area contributed by atoms with Gasteiger partial charge in [-0.2, -0.15) is 0 Å². The molecule has 6 nitrogen and oxygen atoms in total. The van der Waals surface area contributed by atoms with Crippen molar-refractivity contribution in [3.63, 3.8) is 0 Å². The highest BCUT2D eigenvalue weighted by atomic mass is 127. The van der Waals surface area contributed by atoms with Crippen LogP contribution in [-0.4, -0.2) is 43.5 Å². The van der Waals surface area contributed by atoms with Gasteiger partial charge in [0.15, 0.2) is 5.96 Å². The SMILES string of the molecule is CCNC(=NCc1ccccc1OCC)NCC(O)COC(C)c1ccccc1.I. The molecule has 2 aromatic carbocycles. The number of nitrogens with zero attached hydrogens (tertiary/aromatic N) is 1. The number of hydrogen-bond acceptors (Lipinski definition) is 4. The van der Waals surface area contributed by atoms with Crippen molar-refractivity contribution in [3.05, 3.63) is 65.7 Å². The molecule has 0 fully saturated rings. The second-order valence-corrected chi connectivity index (χ2v) is 6.66. The molecule has 2 unspecified atom stereocenters. The van der Waals surface area contributed by atoms with Gasteiger partial charge in [-0.1, -0.05) is 48.5 Å². The first kappa shape index (κ1) is 26.2. The molecule has 30 heavy (non-hydrogen) atoms. The summed E-state index contributed by atoms with van der Waals surface area (Å²) < 4.78 is 11.4. The van der Waals surface area contributed by atoms with Crippen LogP contribution >= 0.6 is 24.0 Å². The minimum atomic E-state index is -0.638. The molecular formula is C23H34IN3O3. The molecule has 7 heteroatoms. The number of benzene rings is 2. The van der Waals surface area contributed by atoms with E-state index in [-0.39, 0.29) is 36.7 Å². The van der Waals surface area contributed by atoms with Gasteiger partial charge in [0.25, 0.3) is 0 Å². The first-order valence-electron chi connectivity index (χ1n) is 10.2. The molecule has 0 aliphatic carbocycles. The number of rotatable bonds is 11. The van der Waals surface area contributed by atoms with Crippen LogP contribution in [-0.2, 0) is 11.3 Å². The van der Waals surface area contributed by atoms with E-state index >= 15 is 0 Å². The average molecular weight is 527 g/mol. The number of aliphatic hydroxyl groups is 1. The van der Waals surface area contributed by atoms with E-state index in [1.807, 2.05) is 75.4 Å². The third-order valence-electron chi connectivity index (χ3n) is 4.34. The lowest BCUT2D eigenvalue weighted by Gasteiger charge is -2.18. The molecule has 0 aliphatic rings. The van der Waals surface area contributed by atoms with Crippen molar-refractivity contribution in [3.8, 4) is 5.75 Å². The maximum absolute atomic E-state index is 10.3. The molecular weight excluding hydrogens is 493 g/mol. The third kappa shape index (κ3) is 9.32. The topological polar surface area (TPSA) is 75.1 Å². The maximum Gasteiger partial charge on any atom is 0.191 e. The predicted molar refractivity (Wildman–Crippen MR) is 133 cm³/mol. The van der Waals surface area contributed by atoms with E-state index in [0.717, 1.165) is 23.4 Å². The van der Waals surface area contributed by atoms with E-state index in [1.165, 1.54) is 0 Å². The minimum Gasteiger partial charge on any atom is -0.494 e. The Hall–Kier alpha value is -1.84. The lowest BCUT2D eigenvalue weighted by molar-refractivity contribution is -0.000599. The van der Waals surface area contributed by atoms with Gasteiger partial charge in [0.1, 0.15) is 5.75 Å². The van der Waals surface area contributed by atoms with Crippen LogP contribution < -0.4 is 15.4 Å². The van der Waals surface area contributed by atoms with Crippen molar-refractivity contribution in [2.75, 3.05) is 26.3 Å². The average Bonchev–Trinajstić information content (AvgIpc) is 2.75. The highest BCUT2D eigenvalue weighted by molar-refractivity contribution is 14.0. The highest BCUT2D eigenvalue weighted by Gasteiger charge is 2.11. The fourth-order valence-electron chi connectivity index (χ4n) is 2.79. The lowest BCUT2D eigenvalue weighted by Crippen LogP contribution is -2.42. The zero-order valence-corrected chi connectivity index (χ0v) is 20.3. The molecule has 0 spiro atoms. The number of ether oxygens (including phenoxy) is 2. The predicted octanol–water partition coefficient (Wildman–Crippen LogP) is 3.90. The zero-order chi connectivity index (χ0) is 20.9. The number of aliphatic imine (C=N–C) groups is 1. The molecule has 0 radical (unpaired) electrons. The van der Waals surface area contributed by atoms with E-state index in [9.17, 15) is 5.11 Å². The Morgan fingerprint density at radius 2 is 1.73 bits per heavy atom. The Balaban J connectivity index is 0.00000450. The summed E-state index contributed by atoms with van der Waals surface area (Å²) in [6, 6.07) is 17.9. The van der Waals surface area contributed by atoms with Crippen molar-refractivity contribution in [2.45, 2.75) is 39.5 Å². The third-order valence-corrected chi connectivity index (χ3v) is 4.34. The number of hydrogen-bond donors (Lipinski definition) is 3. The van der Waals surface area contributed by atoms with Crippen LogP contribution in [0, 0.1) is 0 Å². The first-order valence-corrected chi connectivity index (χ1v) is 10.2. The monoisotopic (exact) mass is 527 g/mol. The molecule has 0 bridgehead atoms. The first-order chi connectivity index (χ1) is 14.1. The second-order valence-electron chi connectivity index (χ2n) is 6.66. The molecule has 2 aromatic rings. The van der Waals surface area contributed by atoms with Gasteiger partial charge in [0.05, 0.1) is 32.0 Å². The molecule has 0 heterocycles. The van der Waals surface area contributed by atoms with E-state index in [2.05, 4.69) is 15.6 Å². The Kier molecular flexibility index (Phi) is 13.1.